The first-order chi connectivity index (χ1) is 11.5. The maximum Gasteiger partial charge on any atom is 0.220 e. The van der Waals surface area contributed by atoms with Gasteiger partial charge in [0.2, 0.25) is 5.91 Å². The molecule has 1 aliphatic rings. The summed E-state index contributed by atoms with van der Waals surface area (Å²) in [6.07, 6.45) is 4.02. The van der Waals surface area contributed by atoms with Gasteiger partial charge in [0.05, 0.1) is 12.6 Å². The van der Waals surface area contributed by atoms with Crippen LogP contribution in [0.25, 0.3) is 0 Å². The minimum atomic E-state index is 0. The quantitative estimate of drug-likeness (QED) is 0.726. The zero-order valence-electron chi connectivity index (χ0n) is 15.7. The smallest absolute Gasteiger partial charge is 0.220 e. The lowest BCUT2D eigenvalue weighted by Crippen LogP contribution is -2.30. The van der Waals surface area contributed by atoms with E-state index in [1.807, 2.05) is 31.2 Å². The zero-order valence-corrected chi connectivity index (χ0v) is 16.5. The van der Waals surface area contributed by atoms with Gasteiger partial charge in [-0.15, -0.1) is 12.4 Å². The Labute approximate surface area is 158 Å². The maximum absolute atomic E-state index is 12.2. The van der Waals surface area contributed by atoms with Crippen LogP contribution >= 0.6 is 12.4 Å². The molecule has 0 aliphatic carbocycles. The minimum Gasteiger partial charge on any atom is -0.493 e. The highest BCUT2D eigenvalue weighted by Crippen LogP contribution is 2.20. The van der Waals surface area contributed by atoms with Crippen LogP contribution in [0.1, 0.15) is 58.1 Å². The number of nitrogens with one attached hydrogen (secondary N) is 2. The summed E-state index contributed by atoms with van der Waals surface area (Å²) in [5.74, 6) is 2.26. The summed E-state index contributed by atoms with van der Waals surface area (Å²) in [4.78, 5) is 12.2. The van der Waals surface area contributed by atoms with E-state index in [-0.39, 0.29) is 24.4 Å². The van der Waals surface area contributed by atoms with Crippen molar-refractivity contribution in [2.75, 3.05) is 19.7 Å². The number of hydrogen-bond donors (Lipinski definition) is 2. The van der Waals surface area contributed by atoms with Crippen LogP contribution in [0.5, 0.6) is 5.75 Å². The van der Waals surface area contributed by atoms with Crippen molar-refractivity contribution in [2.45, 2.75) is 52.5 Å². The lowest BCUT2D eigenvalue weighted by molar-refractivity contribution is -0.122. The van der Waals surface area contributed by atoms with E-state index in [0.717, 1.165) is 37.4 Å². The molecule has 2 N–H and O–H groups in total. The van der Waals surface area contributed by atoms with E-state index in [4.69, 9.17) is 4.74 Å². The molecule has 0 radical (unpaired) electrons. The second-order valence-electron chi connectivity index (χ2n) is 7.30. The Bertz CT molecular complexity index is 499. The molecule has 1 heterocycles. The molecule has 1 aromatic carbocycles. The van der Waals surface area contributed by atoms with Gasteiger partial charge >= 0.3 is 0 Å². The van der Waals surface area contributed by atoms with E-state index in [9.17, 15) is 4.79 Å². The molecule has 0 spiro atoms. The lowest BCUT2D eigenvalue weighted by Gasteiger charge is -2.22. The van der Waals surface area contributed by atoms with Crippen LogP contribution in [0, 0.1) is 11.8 Å². The Kier molecular flexibility index (Phi) is 9.91. The average molecular weight is 369 g/mol. The SMILES string of the molecule is CC(C)COc1ccc(C(C)NC(=O)CCC2CCNCC2)cc1.Cl. The van der Waals surface area contributed by atoms with E-state index in [1.165, 1.54) is 12.8 Å². The van der Waals surface area contributed by atoms with Crippen molar-refractivity contribution < 1.29 is 9.53 Å². The van der Waals surface area contributed by atoms with Crippen molar-refractivity contribution >= 4 is 18.3 Å². The molecule has 0 saturated carbocycles. The molecule has 1 fully saturated rings. The van der Waals surface area contributed by atoms with Crippen molar-refractivity contribution in [3.05, 3.63) is 29.8 Å². The van der Waals surface area contributed by atoms with Gasteiger partial charge in [-0.05, 0) is 68.8 Å². The normalized spacial score (nSPS) is 16.2. The van der Waals surface area contributed by atoms with Crippen LogP contribution in [0.2, 0.25) is 0 Å². The topological polar surface area (TPSA) is 50.4 Å². The number of carbonyl (C=O) groups excluding carboxylic acids is 1. The molecular weight excluding hydrogens is 336 g/mol. The van der Waals surface area contributed by atoms with Gasteiger partial charge in [0, 0.05) is 6.42 Å². The first-order valence-electron chi connectivity index (χ1n) is 9.27. The Morgan fingerprint density at radius 1 is 1.20 bits per heavy atom. The van der Waals surface area contributed by atoms with Crippen molar-refractivity contribution in [1.82, 2.24) is 10.6 Å². The lowest BCUT2D eigenvalue weighted by atomic mass is 9.93. The zero-order chi connectivity index (χ0) is 17.4. The van der Waals surface area contributed by atoms with Gasteiger partial charge < -0.3 is 15.4 Å². The number of rotatable bonds is 8. The summed E-state index contributed by atoms with van der Waals surface area (Å²) in [7, 11) is 0. The van der Waals surface area contributed by atoms with Gasteiger partial charge in [0.15, 0.2) is 0 Å². The highest BCUT2D eigenvalue weighted by atomic mass is 35.5. The number of benzene rings is 1. The fraction of sp³-hybridized carbons (Fsp3) is 0.650. The van der Waals surface area contributed by atoms with Crippen LogP contribution in [0.15, 0.2) is 24.3 Å². The standard InChI is InChI=1S/C20H32N2O2.ClH/c1-15(2)14-24-19-7-5-18(6-8-19)16(3)22-20(23)9-4-17-10-12-21-13-11-17;/h5-8,15-17,21H,4,9-14H2,1-3H3,(H,22,23);1H. The summed E-state index contributed by atoms with van der Waals surface area (Å²) in [6.45, 7) is 9.21. The fourth-order valence-electron chi connectivity index (χ4n) is 3.02. The highest BCUT2D eigenvalue weighted by molar-refractivity contribution is 5.85. The fourth-order valence-corrected chi connectivity index (χ4v) is 3.02. The van der Waals surface area contributed by atoms with E-state index in [0.29, 0.717) is 18.3 Å². The molecule has 25 heavy (non-hydrogen) atoms. The first kappa shape index (κ1) is 21.8. The molecular formula is C20H33ClN2O2. The van der Waals surface area contributed by atoms with Gasteiger partial charge in [0.25, 0.3) is 0 Å². The predicted octanol–water partition coefficient (Wildman–Crippen LogP) is 4.10. The minimum absolute atomic E-state index is 0. The number of ether oxygens (including phenoxy) is 1. The summed E-state index contributed by atoms with van der Waals surface area (Å²) in [5, 5.41) is 6.47. The molecule has 2 rings (SSSR count). The maximum atomic E-state index is 12.2. The predicted molar refractivity (Wildman–Crippen MR) is 105 cm³/mol. The number of carbonyl (C=O) groups is 1. The molecule has 142 valence electrons. The van der Waals surface area contributed by atoms with Gasteiger partial charge in [-0.2, -0.15) is 0 Å². The molecule has 1 aromatic rings. The summed E-state index contributed by atoms with van der Waals surface area (Å²) < 4.78 is 5.70. The van der Waals surface area contributed by atoms with Gasteiger partial charge in [-0.1, -0.05) is 26.0 Å². The first-order valence-corrected chi connectivity index (χ1v) is 9.27. The van der Waals surface area contributed by atoms with Crippen molar-refractivity contribution in [2.24, 2.45) is 11.8 Å². The third kappa shape index (κ3) is 8.10. The third-order valence-electron chi connectivity index (χ3n) is 4.58. The molecule has 0 bridgehead atoms. The summed E-state index contributed by atoms with van der Waals surface area (Å²) >= 11 is 0. The van der Waals surface area contributed by atoms with Gasteiger partial charge in [-0.25, -0.2) is 0 Å². The summed E-state index contributed by atoms with van der Waals surface area (Å²) in [5.41, 5.74) is 1.11. The molecule has 1 unspecified atom stereocenters. The highest BCUT2D eigenvalue weighted by Gasteiger charge is 2.15. The largest absolute Gasteiger partial charge is 0.493 e. The second kappa shape index (κ2) is 11.4. The van der Waals surface area contributed by atoms with Crippen LogP contribution in [0.3, 0.4) is 0 Å². The molecule has 1 atom stereocenters. The van der Waals surface area contributed by atoms with Crippen molar-refractivity contribution in [3.63, 3.8) is 0 Å². The van der Waals surface area contributed by atoms with Crippen LogP contribution in [-0.2, 0) is 4.79 Å². The van der Waals surface area contributed by atoms with E-state index < -0.39 is 0 Å². The molecule has 1 aliphatic heterocycles. The monoisotopic (exact) mass is 368 g/mol. The molecule has 0 aromatic heterocycles. The third-order valence-corrected chi connectivity index (χ3v) is 4.58. The molecule has 1 saturated heterocycles. The number of halogens is 1. The van der Waals surface area contributed by atoms with Gasteiger partial charge in [0.1, 0.15) is 5.75 Å². The number of hydrogen-bond acceptors (Lipinski definition) is 3. The molecule has 1 amide bonds. The number of amides is 1. The summed E-state index contributed by atoms with van der Waals surface area (Å²) in [6, 6.07) is 8.07. The van der Waals surface area contributed by atoms with E-state index >= 15 is 0 Å². The number of piperidine rings is 1. The Hall–Kier alpha value is -1.26. The van der Waals surface area contributed by atoms with E-state index in [2.05, 4.69) is 24.5 Å². The van der Waals surface area contributed by atoms with Crippen molar-refractivity contribution in [3.8, 4) is 5.75 Å². The van der Waals surface area contributed by atoms with Crippen molar-refractivity contribution in [1.29, 1.82) is 0 Å². The Morgan fingerprint density at radius 2 is 1.84 bits per heavy atom. The Morgan fingerprint density at radius 3 is 2.44 bits per heavy atom. The molecule has 5 heteroatoms. The van der Waals surface area contributed by atoms with Crippen LogP contribution in [-0.4, -0.2) is 25.6 Å². The van der Waals surface area contributed by atoms with E-state index in [1.54, 1.807) is 0 Å². The molecule has 4 nitrogen and oxygen atoms in total. The second-order valence-corrected chi connectivity index (χ2v) is 7.30. The van der Waals surface area contributed by atoms with Gasteiger partial charge in [-0.3, -0.25) is 4.79 Å². The van der Waals surface area contributed by atoms with Crippen LogP contribution < -0.4 is 15.4 Å². The van der Waals surface area contributed by atoms with Crippen LogP contribution in [0.4, 0.5) is 0 Å². The Balaban J connectivity index is 0.00000312. The average Bonchev–Trinajstić information content (AvgIpc) is 2.59.